The summed E-state index contributed by atoms with van der Waals surface area (Å²) >= 11 is 5.73. The molecule has 0 unspecified atom stereocenters. The molecule has 4 nitrogen and oxygen atoms in total. The fourth-order valence-corrected chi connectivity index (χ4v) is 1.30. The molecular weight excluding hydrogens is 231 g/mol. The third-order valence-electron chi connectivity index (χ3n) is 2.00. The summed E-state index contributed by atoms with van der Waals surface area (Å²) in [5.74, 6) is 0.194. The molecule has 0 aliphatic heterocycles. The molecule has 6 heteroatoms. The van der Waals surface area contributed by atoms with E-state index in [2.05, 4.69) is 9.97 Å². The smallest absolute Gasteiger partial charge is 0.163 e. The van der Waals surface area contributed by atoms with Crippen LogP contribution in [0.5, 0.6) is 0 Å². The molecular formula is C10H8ClFN4. The number of hydrogen-bond donors (Lipinski definition) is 2. The Morgan fingerprint density at radius 1 is 1.00 bits per heavy atom. The molecule has 4 N–H and O–H groups in total. The van der Waals surface area contributed by atoms with Crippen molar-refractivity contribution in [2.24, 2.45) is 0 Å². The Hall–Kier alpha value is -1.88. The summed E-state index contributed by atoms with van der Waals surface area (Å²) in [4.78, 5) is 7.93. The lowest BCUT2D eigenvalue weighted by Crippen LogP contribution is -2.02. The van der Waals surface area contributed by atoms with Crippen molar-refractivity contribution in [1.82, 2.24) is 9.97 Å². The van der Waals surface area contributed by atoms with E-state index in [4.69, 9.17) is 23.1 Å². The number of benzene rings is 1. The predicted octanol–water partition coefficient (Wildman–Crippen LogP) is 2.10. The number of nitrogens with two attached hydrogens (primary N) is 2. The lowest BCUT2D eigenvalue weighted by atomic mass is 10.2. The van der Waals surface area contributed by atoms with Crippen molar-refractivity contribution in [3.63, 3.8) is 0 Å². The van der Waals surface area contributed by atoms with Gasteiger partial charge in [0.05, 0.1) is 0 Å². The molecule has 0 aliphatic rings. The average Bonchev–Trinajstić information content (AvgIpc) is 2.26. The molecule has 0 spiro atoms. The van der Waals surface area contributed by atoms with Crippen LogP contribution in [0.3, 0.4) is 0 Å². The second-order valence-electron chi connectivity index (χ2n) is 3.14. The molecule has 16 heavy (non-hydrogen) atoms. The Labute approximate surface area is 96.1 Å². The third-order valence-corrected chi connectivity index (χ3v) is 2.39. The van der Waals surface area contributed by atoms with Gasteiger partial charge in [0, 0.05) is 5.56 Å². The van der Waals surface area contributed by atoms with E-state index >= 15 is 0 Å². The molecule has 0 saturated carbocycles. The number of hydrogen-bond acceptors (Lipinski definition) is 4. The Morgan fingerprint density at radius 2 is 1.50 bits per heavy atom. The number of nitrogen functional groups attached to an aromatic ring is 2. The van der Waals surface area contributed by atoms with Gasteiger partial charge in [-0.05, 0) is 24.3 Å². The molecule has 0 radical (unpaired) electrons. The minimum absolute atomic E-state index is 0.105. The zero-order chi connectivity index (χ0) is 11.7. The summed E-state index contributed by atoms with van der Waals surface area (Å²) in [5.41, 5.74) is 11.7. The largest absolute Gasteiger partial charge is 0.382 e. The number of anilines is 2. The highest BCUT2D eigenvalue weighted by Gasteiger charge is 2.09. The van der Waals surface area contributed by atoms with Crippen LogP contribution in [0.4, 0.5) is 16.0 Å². The van der Waals surface area contributed by atoms with E-state index < -0.39 is 0 Å². The first kappa shape index (κ1) is 10.6. The second-order valence-corrected chi connectivity index (χ2v) is 3.52. The maximum Gasteiger partial charge on any atom is 0.163 e. The van der Waals surface area contributed by atoms with E-state index in [1.165, 1.54) is 24.3 Å². The number of halogens is 2. The van der Waals surface area contributed by atoms with E-state index in [-0.39, 0.29) is 22.5 Å². The SMILES string of the molecule is Nc1nc(-c2ccc(F)cc2)nc(N)c1Cl. The molecule has 2 rings (SSSR count). The normalized spacial score (nSPS) is 10.4. The quantitative estimate of drug-likeness (QED) is 0.798. The van der Waals surface area contributed by atoms with Crippen LogP contribution in [0.25, 0.3) is 11.4 Å². The van der Waals surface area contributed by atoms with Crippen LogP contribution < -0.4 is 11.5 Å². The summed E-state index contributed by atoms with van der Waals surface area (Å²) in [6, 6.07) is 5.69. The Morgan fingerprint density at radius 3 is 2.00 bits per heavy atom. The van der Waals surface area contributed by atoms with E-state index in [9.17, 15) is 4.39 Å². The maximum absolute atomic E-state index is 12.7. The van der Waals surface area contributed by atoms with Gasteiger partial charge in [-0.3, -0.25) is 0 Å². The molecule has 0 aliphatic carbocycles. The topological polar surface area (TPSA) is 77.8 Å². The van der Waals surface area contributed by atoms with Crippen LogP contribution in [-0.4, -0.2) is 9.97 Å². The highest BCUT2D eigenvalue weighted by molar-refractivity contribution is 6.35. The predicted molar refractivity (Wildman–Crippen MR) is 61.3 cm³/mol. The first-order valence-electron chi connectivity index (χ1n) is 4.42. The molecule has 1 aromatic carbocycles. The standard InChI is InChI=1S/C10H8ClFN4/c11-7-8(13)15-10(16-9(7)14)5-1-3-6(12)4-2-5/h1-4H,(H4,13,14,15,16). The fraction of sp³-hybridized carbons (Fsp3) is 0. The summed E-state index contributed by atoms with van der Waals surface area (Å²) < 4.78 is 12.7. The van der Waals surface area contributed by atoms with Crippen LogP contribution in [0.2, 0.25) is 5.02 Å². The van der Waals surface area contributed by atoms with Gasteiger partial charge >= 0.3 is 0 Å². The van der Waals surface area contributed by atoms with Crippen molar-refractivity contribution in [2.75, 3.05) is 11.5 Å². The van der Waals surface area contributed by atoms with E-state index in [1.54, 1.807) is 0 Å². The van der Waals surface area contributed by atoms with Crippen molar-refractivity contribution in [3.05, 3.63) is 35.1 Å². The summed E-state index contributed by atoms with van der Waals surface area (Å²) in [6.45, 7) is 0. The molecule has 82 valence electrons. The summed E-state index contributed by atoms with van der Waals surface area (Å²) in [6.07, 6.45) is 0. The fourth-order valence-electron chi connectivity index (χ4n) is 1.21. The molecule has 0 amide bonds. The van der Waals surface area contributed by atoms with Gasteiger partial charge in [0.1, 0.15) is 22.5 Å². The maximum atomic E-state index is 12.7. The van der Waals surface area contributed by atoms with Crippen LogP contribution in [-0.2, 0) is 0 Å². The minimum atomic E-state index is -0.335. The van der Waals surface area contributed by atoms with Gasteiger partial charge in [-0.15, -0.1) is 0 Å². The lowest BCUT2D eigenvalue weighted by Gasteiger charge is -2.05. The van der Waals surface area contributed by atoms with E-state index in [0.717, 1.165) is 0 Å². The second kappa shape index (κ2) is 3.94. The van der Waals surface area contributed by atoms with Crippen LogP contribution in [0, 0.1) is 5.82 Å². The van der Waals surface area contributed by atoms with Gasteiger partial charge in [0.15, 0.2) is 5.82 Å². The zero-order valence-electron chi connectivity index (χ0n) is 8.11. The van der Waals surface area contributed by atoms with Gasteiger partial charge in [-0.1, -0.05) is 11.6 Å². The monoisotopic (exact) mass is 238 g/mol. The minimum Gasteiger partial charge on any atom is -0.382 e. The van der Waals surface area contributed by atoms with Crippen LogP contribution in [0.15, 0.2) is 24.3 Å². The Kier molecular flexibility index (Phi) is 2.62. The van der Waals surface area contributed by atoms with Gasteiger partial charge in [0.2, 0.25) is 0 Å². The molecule has 0 fully saturated rings. The molecule has 1 aromatic heterocycles. The number of aromatic nitrogens is 2. The van der Waals surface area contributed by atoms with Gasteiger partial charge in [-0.25, -0.2) is 14.4 Å². The third kappa shape index (κ3) is 1.90. The van der Waals surface area contributed by atoms with Crippen molar-refractivity contribution in [1.29, 1.82) is 0 Å². The van der Waals surface area contributed by atoms with Gasteiger partial charge in [0.25, 0.3) is 0 Å². The molecule has 1 heterocycles. The summed E-state index contributed by atoms with van der Waals surface area (Å²) in [7, 11) is 0. The first-order valence-corrected chi connectivity index (χ1v) is 4.80. The lowest BCUT2D eigenvalue weighted by molar-refractivity contribution is 0.628. The number of nitrogens with zero attached hydrogens (tertiary/aromatic N) is 2. The molecule has 0 atom stereocenters. The summed E-state index contributed by atoms with van der Waals surface area (Å²) in [5, 5.41) is 0.130. The molecule has 2 aromatic rings. The number of rotatable bonds is 1. The Bertz CT molecular complexity index is 504. The van der Waals surface area contributed by atoms with Gasteiger partial charge < -0.3 is 11.5 Å². The highest BCUT2D eigenvalue weighted by atomic mass is 35.5. The van der Waals surface area contributed by atoms with Crippen molar-refractivity contribution >= 4 is 23.2 Å². The van der Waals surface area contributed by atoms with Crippen LogP contribution in [0.1, 0.15) is 0 Å². The van der Waals surface area contributed by atoms with Crippen molar-refractivity contribution in [2.45, 2.75) is 0 Å². The molecule has 0 saturated heterocycles. The first-order chi connectivity index (χ1) is 7.58. The van der Waals surface area contributed by atoms with Crippen molar-refractivity contribution in [3.8, 4) is 11.4 Å². The highest BCUT2D eigenvalue weighted by Crippen LogP contribution is 2.25. The molecule has 0 bridgehead atoms. The Balaban J connectivity index is 2.52. The van der Waals surface area contributed by atoms with E-state index in [0.29, 0.717) is 11.4 Å². The average molecular weight is 239 g/mol. The zero-order valence-corrected chi connectivity index (χ0v) is 8.87. The van der Waals surface area contributed by atoms with Gasteiger partial charge in [-0.2, -0.15) is 0 Å². The van der Waals surface area contributed by atoms with Crippen LogP contribution >= 0.6 is 11.6 Å². The van der Waals surface area contributed by atoms with E-state index in [1.807, 2.05) is 0 Å². The van der Waals surface area contributed by atoms with Crippen molar-refractivity contribution < 1.29 is 4.39 Å².